The Morgan fingerprint density at radius 1 is 1.36 bits per heavy atom. The average Bonchev–Trinajstić information content (AvgIpc) is 2.01. The van der Waals surface area contributed by atoms with Gasteiger partial charge in [-0.3, -0.25) is 0 Å². The van der Waals surface area contributed by atoms with Crippen molar-refractivity contribution in [3.05, 3.63) is 0 Å². The molecule has 0 heterocycles. The van der Waals surface area contributed by atoms with Crippen molar-refractivity contribution in [2.75, 3.05) is 19.6 Å². The third-order valence-electron chi connectivity index (χ3n) is 1.16. The molecule has 0 aliphatic heterocycles. The Kier molecular flexibility index (Phi) is 27.2. The largest absolute Gasteiger partial charge is 2.00 e. The van der Waals surface area contributed by atoms with Gasteiger partial charge in [-0.05, 0) is 6.92 Å². The number of rotatable bonds is 4. The van der Waals surface area contributed by atoms with Gasteiger partial charge >= 0.3 is 27.1 Å². The molecule has 0 saturated heterocycles. The van der Waals surface area contributed by atoms with E-state index in [1.807, 2.05) is 6.92 Å². The Morgan fingerprint density at radius 3 is 2.21 bits per heavy atom. The summed E-state index contributed by atoms with van der Waals surface area (Å²) in [5.41, 5.74) is 10.7. The van der Waals surface area contributed by atoms with E-state index in [0.717, 1.165) is 0 Å². The van der Waals surface area contributed by atoms with Crippen LogP contribution in [0.1, 0.15) is 6.92 Å². The van der Waals surface area contributed by atoms with Crippen LogP contribution in [0.2, 0.25) is 0 Å². The molecular weight excluding hydrogens is 410 g/mol. The predicted molar refractivity (Wildman–Crippen MR) is 44.1 cm³/mol. The maximum absolute atomic E-state index is 10.7. The van der Waals surface area contributed by atoms with Crippen LogP contribution in [0.4, 0.5) is 4.79 Å². The third kappa shape index (κ3) is 15.0. The van der Waals surface area contributed by atoms with E-state index in [2.05, 4.69) is 10.6 Å². The molecule has 0 rings (SSSR count). The van der Waals surface area contributed by atoms with Crippen molar-refractivity contribution in [1.82, 2.24) is 10.6 Å². The van der Waals surface area contributed by atoms with Crippen LogP contribution in [-0.4, -0.2) is 31.7 Å². The summed E-state index contributed by atoms with van der Waals surface area (Å²) in [6.07, 6.45) is 0. The minimum Gasteiger partial charge on any atom is -1.00 e. The van der Waals surface area contributed by atoms with Crippen molar-refractivity contribution in [2.24, 2.45) is 11.5 Å². The molecule has 0 spiro atoms. The summed E-state index contributed by atoms with van der Waals surface area (Å²) in [5, 5.41) is 5.16. The Hall–Kier alpha value is 0.458. The van der Waals surface area contributed by atoms with Gasteiger partial charge in [-0.25, -0.2) is 4.79 Å². The molecule has 14 heavy (non-hydrogen) atoms. The molecule has 0 aliphatic rings. The Bertz CT molecular complexity index is 130. The van der Waals surface area contributed by atoms with Gasteiger partial charge in [0.25, 0.3) is 0 Å². The second-order valence-corrected chi connectivity index (χ2v) is 2.24. The number of urea groups is 1. The summed E-state index contributed by atoms with van der Waals surface area (Å²) in [4.78, 5) is 10.7. The number of carbonyl (C=O) groups excluding carboxylic acids is 1. The molecule has 6 N–H and O–H groups in total. The Labute approximate surface area is 111 Å². The van der Waals surface area contributed by atoms with E-state index in [1.165, 1.54) is 0 Å². The van der Waals surface area contributed by atoms with Gasteiger partial charge in [-0.15, -0.1) is 0 Å². The molecule has 0 aromatic carbocycles. The molecule has 90 valence electrons. The van der Waals surface area contributed by atoms with Crippen LogP contribution in [0.25, 0.3) is 0 Å². The first-order valence-corrected chi connectivity index (χ1v) is 3.68. The first kappa shape index (κ1) is 23.9. The maximum atomic E-state index is 10.7. The number of carbonyl (C=O) groups is 1. The van der Waals surface area contributed by atoms with Crippen LogP contribution in [0.15, 0.2) is 0 Å². The van der Waals surface area contributed by atoms with Crippen molar-refractivity contribution < 1.29 is 50.7 Å². The predicted octanol–water partition coefficient (Wildman–Crippen LogP) is -7.40. The van der Waals surface area contributed by atoms with Crippen LogP contribution in [0.5, 0.6) is 0 Å². The summed E-state index contributed by atoms with van der Waals surface area (Å²) < 4.78 is 0. The fraction of sp³-hybridized carbons (Fsp3) is 0.833. The van der Waals surface area contributed by atoms with Crippen molar-refractivity contribution in [3.63, 3.8) is 0 Å². The van der Waals surface area contributed by atoms with E-state index < -0.39 is 0 Å². The van der Waals surface area contributed by atoms with Gasteiger partial charge in [0.15, 0.2) is 0 Å². The Morgan fingerprint density at radius 2 is 1.86 bits per heavy atom. The van der Waals surface area contributed by atoms with E-state index in [4.69, 9.17) is 11.5 Å². The zero-order valence-corrected chi connectivity index (χ0v) is 11.6. The summed E-state index contributed by atoms with van der Waals surface area (Å²) in [6.45, 7) is 3.26. The summed E-state index contributed by atoms with van der Waals surface area (Å²) >= 11 is 0. The summed E-state index contributed by atoms with van der Waals surface area (Å²) in [7, 11) is 0. The van der Waals surface area contributed by atoms with Crippen molar-refractivity contribution >= 4 is 6.03 Å². The topological polar surface area (TPSA) is 93.2 Å². The SMILES string of the molecule is CCNC(=O)NCC(N)CN.[Cl-].[Cl-].[Pt+2]. The molecule has 0 fully saturated rings. The number of hydrogen-bond donors (Lipinski definition) is 4. The average molecular weight is 426 g/mol. The Balaban J connectivity index is -0.000000167. The van der Waals surface area contributed by atoms with Crippen LogP contribution >= 0.6 is 0 Å². The van der Waals surface area contributed by atoms with Crippen LogP contribution in [0, 0.1) is 0 Å². The molecule has 0 aromatic heterocycles. The summed E-state index contributed by atoms with van der Waals surface area (Å²) in [5.74, 6) is 0. The first-order chi connectivity index (χ1) is 5.20. The van der Waals surface area contributed by atoms with E-state index in [0.29, 0.717) is 19.6 Å². The number of nitrogens with one attached hydrogen (secondary N) is 2. The molecule has 5 nitrogen and oxygen atoms in total. The van der Waals surface area contributed by atoms with E-state index in [1.54, 1.807) is 0 Å². The van der Waals surface area contributed by atoms with Gasteiger partial charge in [0.05, 0.1) is 0 Å². The zero-order valence-electron chi connectivity index (χ0n) is 7.83. The molecule has 0 radical (unpaired) electrons. The molecule has 0 aromatic rings. The molecule has 0 bridgehead atoms. The van der Waals surface area contributed by atoms with Gasteiger partial charge in [0.2, 0.25) is 0 Å². The van der Waals surface area contributed by atoms with E-state index in [9.17, 15) is 4.79 Å². The second kappa shape index (κ2) is 15.9. The zero-order chi connectivity index (χ0) is 8.69. The smallest absolute Gasteiger partial charge is 1.00 e. The number of amides is 2. The van der Waals surface area contributed by atoms with Crippen LogP contribution in [-0.2, 0) is 21.1 Å². The molecule has 1 atom stereocenters. The number of nitrogens with two attached hydrogens (primary N) is 2. The van der Waals surface area contributed by atoms with E-state index >= 15 is 0 Å². The number of hydrogen-bond acceptors (Lipinski definition) is 3. The fourth-order valence-corrected chi connectivity index (χ4v) is 0.530. The van der Waals surface area contributed by atoms with Gasteiger partial charge < -0.3 is 46.9 Å². The second-order valence-electron chi connectivity index (χ2n) is 2.24. The van der Waals surface area contributed by atoms with Crippen LogP contribution < -0.4 is 46.9 Å². The standard InChI is InChI=1S/C6H16N4O.2ClH.Pt/c1-2-9-6(11)10-4-5(8)3-7;;;/h5H,2-4,7-8H2,1H3,(H2,9,10,11);2*1H;/q;;;+2/p-2. The van der Waals surface area contributed by atoms with Crippen LogP contribution in [0.3, 0.4) is 0 Å². The summed E-state index contributed by atoms with van der Waals surface area (Å²) in [6, 6.07) is -0.353. The minimum atomic E-state index is -0.198. The number of halogens is 2. The van der Waals surface area contributed by atoms with Crippen molar-refractivity contribution in [3.8, 4) is 0 Å². The minimum absolute atomic E-state index is 0. The molecule has 0 saturated carbocycles. The van der Waals surface area contributed by atoms with E-state index in [-0.39, 0.29) is 58.0 Å². The third-order valence-corrected chi connectivity index (χ3v) is 1.16. The molecule has 0 aliphatic carbocycles. The first-order valence-electron chi connectivity index (χ1n) is 3.68. The molecular formula is C6H16Cl2N4OPt. The normalized spacial score (nSPS) is 9.64. The molecule has 8 heteroatoms. The molecule has 1 unspecified atom stereocenters. The van der Waals surface area contributed by atoms with Gasteiger partial charge in [0, 0.05) is 25.7 Å². The molecule has 2 amide bonds. The van der Waals surface area contributed by atoms with Gasteiger partial charge in [-0.2, -0.15) is 0 Å². The quantitative estimate of drug-likeness (QED) is 0.360. The maximum Gasteiger partial charge on any atom is 2.00 e. The monoisotopic (exact) mass is 425 g/mol. The van der Waals surface area contributed by atoms with Gasteiger partial charge in [-0.1, -0.05) is 0 Å². The van der Waals surface area contributed by atoms with Crippen molar-refractivity contribution in [2.45, 2.75) is 13.0 Å². The van der Waals surface area contributed by atoms with Gasteiger partial charge in [0.1, 0.15) is 0 Å². The fourth-order valence-electron chi connectivity index (χ4n) is 0.530. The van der Waals surface area contributed by atoms with Crippen molar-refractivity contribution in [1.29, 1.82) is 0 Å².